The average Bonchev–Trinajstić information content (AvgIpc) is 2.66. The Morgan fingerprint density at radius 3 is 2.36 bits per heavy atom. The molecule has 1 atom stereocenters. The first-order valence-electron chi connectivity index (χ1n) is 9.27. The third-order valence-electron chi connectivity index (χ3n) is 3.61. The van der Waals surface area contributed by atoms with E-state index in [2.05, 4.69) is 5.32 Å². The Morgan fingerprint density at radius 2 is 1.71 bits per heavy atom. The van der Waals surface area contributed by atoms with E-state index in [1.807, 2.05) is 13.0 Å². The van der Waals surface area contributed by atoms with Gasteiger partial charge in [-0.2, -0.15) is 0 Å². The third kappa shape index (κ3) is 9.70. The number of unbranched alkanes of at least 4 members (excludes halogenated alkanes) is 1. The largest absolute Gasteiger partial charge is 0.466 e. The van der Waals surface area contributed by atoms with E-state index in [9.17, 15) is 19.2 Å². The smallest absolute Gasteiger partial charge is 0.407 e. The van der Waals surface area contributed by atoms with Crippen molar-refractivity contribution in [3.8, 4) is 0 Å². The molecule has 8 heteroatoms. The number of amides is 1. The van der Waals surface area contributed by atoms with Crippen LogP contribution in [0.3, 0.4) is 0 Å². The molecule has 0 saturated carbocycles. The second-order valence-corrected chi connectivity index (χ2v) is 6.00. The van der Waals surface area contributed by atoms with Gasteiger partial charge >= 0.3 is 18.0 Å². The topological polar surface area (TPSA) is 108 Å². The highest BCUT2D eigenvalue weighted by Crippen LogP contribution is 2.06. The molecular weight excluding hydrogens is 366 g/mol. The molecule has 1 unspecified atom stereocenters. The summed E-state index contributed by atoms with van der Waals surface area (Å²) < 4.78 is 14.9. The molecule has 0 fully saturated rings. The molecule has 0 spiro atoms. The maximum Gasteiger partial charge on any atom is 0.407 e. The highest BCUT2D eigenvalue weighted by molar-refractivity contribution is 5.98. The summed E-state index contributed by atoms with van der Waals surface area (Å²) >= 11 is 0. The molecule has 0 radical (unpaired) electrons. The number of alkyl carbamates (subject to hydrolysis) is 1. The van der Waals surface area contributed by atoms with Gasteiger partial charge in [-0.3, -0.25) is 9.59 Å². The Bertz CT molecular complexity index is 645. The highest BCUT2D eigenvalue weighted by atomic mass is 16.6. The van der Waals surface area contributed by atoms with Crippen LogP contribution in [0.1, 0.15) is 45.1 Å². The number of carbonyl (C=O) groups excluding carboxylic acids is 4. The number of rotatable bonds is 12. The fourth-order valence-corrected chi connectivity index (χ4v) is 2.19. The molecule has 0 aliphatic carbocycles. The molecule has 0 aliphatic rings. The lowest BCUT2D eigenvalue weighted by molar-refractivity contribution is -0.150. The average molecular weight is 393 g/mol. The lowest BCUT2D eigenvalue weighted by Crippen LogP contribution is -2.43. The first-order valence-corrected chi connectivity index (χ1v) is 9.27. The van der Waals surface area contributed by atoms with Gasteiger partial charge in [0.15, 0.2) is 0 Å². The van der Waals surface area contributed by atoms with Crippen LogP contribution in [0.15, 0.2) is 30.3 Å². The van der Waals surface area contributed by atoms with E-state index in [1.54, 1.807) is 31.2 Å². The van der Waals surface area contributed by atoms with E-state index in [0.717, 1.165) is 12.0 Å². The molecule has 8 nitrogen and oxygen atoms in total. The van der Waals surface area contributed by atoms with Crippen LogP contribution in [0, 0.1) is 0 Å². The predicted molar refractivity (Wildman–Crippen MR) is 100 cm³/mol. The van der Waals surface area contributed by atoms with Crippen molar-refractivity contribution in [3.63, 3.8) is 0 Å². The Kier molecular flexibility index (Phi) is 11.0. The summed E-state index contributed by atoms with van der Waals surface area (Å²) in [5.74, 6) is -2.02. The van der Waals surface area contributed by atoms with Gasteiger partial charge in [0.05, 0.1) is 13.2 Å². The first kappa shape index (κ1) is 23.1. The van der Waals surface area contributed by atoms with Crippen LogP contribution in [0.4, 0.5) is 4.79 Å². The molecule has 28 heavy (non-hydrogen) atoms. The number of hydrogen-bond donors (Lipinski definition) is 1. The Labute approximate surface area is 164 Å². The number of nitrogens with one attached hydrogen (secondary N) is 1. The van der Waals surface area contributed by atoms with Crippen molar-refractivity contribution >= 4 is 23.8 Å². The lowest BCUT2D eigenvalue weighted by Gasteiger charge is -2.17. The molecule has 1 rings (SSSR count). The Hall–Kier alpha value is -2.90. The first-order chi connectivity index (χ1) is 13.5. The van der Waals surface area contributed by atoms with Crippen molar-refractivity contribution in [2.45, 2.75) is 52.2 Å². The van der Waals surface area contributed by atoms with Gasteiger partial charge in [-0.25, -0.2) is 9.59 Å². The summed E-state index contributed by atoms with van der Waals surface area (Å²) in [5.41, 5.74) is 0.762. The van der Waals surface area contributed by atoms with E-state index in [-0.39, 0.29) is 19.8 Å². The number of hydrogen-bond acceptors (Lipinski definition) is 7. The van der Waals surface area contributed by atoms with E-state index in [4.69, 9.17) is 14.2 Å². The van der Waals surface area contributed by atoms with Crippen LogP contribution in [0.5, 0.6) is 0 Å². The molecule has 1 amide bonds. The summed E-state index contributed by atoms with van der Waals surface area (Å²) in [7, 11) is 0. The molecule has 0 aliphatic heterocycles. The van der Waals surface area contributed by atoms with Crippen LogP contribution in [0.25, 0.3) is 0 Å². The van der Waals surface area contributed by atoms with Crippen molar-refractivity contribution in [1.82, 2.24) is 5.32 Å². The lowest BCUT2D eigenvalue weighted by atomic mass is 10.1. The standard InChI is InChI=1S/C20H27NO7/c1-3-5-11-27-20(25)21-17(12-16(22)13-18(23)26-4-2)19(24)28-14-15-9-7-6-8-10-15/h6-10,17H,3-5,11-14H2,1-2H3,(H,21,25). The van der Waals surface area contributed by atoms with Gasteiger partial charge in [0.25, 0.3) is 0 Å². The van der Waals surface area contributed by atoms with Crippen LogP contribution in [-0.4, -0.2) is 43.1 Å². The molecule has 0 heterocycles. The number of Topliss-reactive ketones (excluding diaryl/α,β-unsaturated/α-hetero) is 1. The second kappa shape index (κ2) is 13.3. The second-order valence-electron chi connectivity index (χ2n) is 6.00. The highest BCUT2D eigenvalue weighted by Gasteiger charge is 2.27. The SMILES string of the molecule is CCCCOC(=O)NC(CC(=O)CC(=O)OCC)C(=O)OCc1ccccc1. The minimum Gasteiger partial charge on any atom is -0.466 e. The van der Waals surface area contributed by atoms with Crippen molar-refractivity contribution in [2.75, 3.05) is 13.2 Å². The monoisotopic (exact) mass is 393 g/mol. The number of ether oxygens (including phenoxy) is 3. The molecule has 154 valence electrons. The molecule has 0 bridgehead atoms. The van der Waals surface area contributed by atoms with Crippen LogP contribution < -0.4 is 5.32 Å². The fourth-order valence-electron chi connectivity index (χ4n) is 2.19. The Morgan fingerprint density at radius 1 is 1.00 bits per heavy atom. The number of esters is 2. The van der Waals surface area contributed by atoms with Gasteiger partial charge in [0, 0.05) is 6.42 Å². The minimum atomic E-state index is -1.25. The van der Waals surface area contributed by atoms with Gasteiger partial charge in [0.1, 0.15) is 24.9 Å². The third-order valence-corrected chi connectivity index (χ3v) is 3.61. The van der Waals surface area contributed by atoms with Crippen LogP contribution in [0.2, 0.25) is 0 Å². The molecule has 1 aromatic carbocycles. The summed E-state index contributed by atoms with van der Waals surface area (Å²) in [6.45, 7) is 3.91. The Balaban J connectivity index is 2.66. The normalized spacial score (nSPS) is 11.2. The zero-order valence-electron chi connectivity index (χ0n) is 16.3. The van der Waals surface area contributed by atoms with Crippen molar-refractivity contribution in [2.24, 2.45) is 0 Å². The summed E-state index contributed by atoms with van der Waals surface area (Å²) in [6.07, 6.45) is -0.177. The molecule has 0 saturated heterocycles. The number of ketones is 1. The zero-order valence-corrected chi connectivity index (χ0v) is 16.3. The van der Waals surface area contributed by atoms with Gasteiger partial charge in [-0.05, 0) is 18.9 Å². The van der Waals surface area contributed by atoms with Gasteiger partial charge in [0.2, 0.25) is 0 Å². The van der Waals surface area contributed by atoms with E-state index in [0.29, 0.717) is 6.42 Å². The van der Waals surface area contributed by atoms with Crippen molar-refractivity contribution < 1.29 is 33.4 Å². The van der Waals surface area contributed by atoms with Gasteiger partial charge < -0.3 is 19.5 Å². The maximum atomic E-state index is 12.4. The van der Waals surface area contributed by atoms with Crippen LogP contribution >= 0.6 is 0 Å². The quantitative estimate of drug-likeness (QED) is 0.252. The van der Waals surface area contributed by atoms with Crippen LogP contribution in [-0.2, 0) is 35.2 Å². The number of benzene rings is 1. The van der Waals surface area contributed by atoms with E-state index < -0.39 is 42.7 Å². The molecule has 1 N–H and O–H groups in total. The van der Waals surface area contributed by atoms with Gasteiger partial charge in [-0.15, -0.1) is 0 Å². The molecular formula is C20H27NO7. The number of carbonyl (C=O) groups is 4. The minimum absolute atomic E-state index is 0.00516. The van der Waals surface area contributed by atoms with E-state index >= 15 is 0 Å². The summed E-state index contributed by atoms with van der Waals surface area (Å²) in [5, 5.41) is 2.34. The molecule has 0 aromatic heterocycles. The summed E-state index contributed by atoms with van der Waals surface area (Å²) in [4.78, 5) is 47.7. The van der Waals surface area contributed by atoms with E-state index in [1.165, 1.54) is 0 Å². The molecule has 1 aromatic rings. The summed E-state index contributed by atoms with van der Waals surface area (Å²) in [6, 6.07) is 7.73. The van der Waals surface area contributed by atoms with Crippen molar-refractivity contribution in [1.29, 1.82) is 0 Å². The van der Waals surface area contributed by atoms with Crippen molar-refractivity contribution in [3.05, 3.63) is 35.9 Å². The predicted octanol–water partition coefficient (Wildman–Crippen LogP) is 2.54. The fraction of sp³-hybridized carbons (Fsp3) is 0.500. The maximum absolute atomic E-state index is 12.4. The zero-order chi connectivity index (χ0) is 20.8. The van der Waals surface area contributed by atoms with Gasteiger partial charge in [-0.1, -0.05) is 43.7 Å².